The molecule has 28 heavy (non-hydrogen) atoms. The van der Waals surface area contributed by atoms with Crippen LogP contribution in [0, 0.1) is 17.2 Å². The third kappa shape index (κ3) is 6.41. The summed E-state index contributed by atoms with van der Waals surface area (Å²) in [5, 5.41) is 30.3. The fourth-order valence-corrected chi connectivity index (χ4v) is 3.11. The van der Waals surface area contributed by atoms with E-state index in [4.69, 9.17) is 10.00 Å². The van der Waals surface area contributed by atoms with Crippen LogP contribution in [-0.4, -0.2) is 59.7 Å². The quantitative estimate of drug-likeness (QED) is 0.360. The summed E-state index contributed by atoms with van der Waals surface area (Å²) in [5.74, 6) is -1.36. The number of nitrogens with zero attached hydrogens (tertiary/aromatic N) is 2. The highest BCUT2D eigenvalue weighted by molar-refractivity contribution is 6.43. The molecule has 0 spiro atoms. The molecule has 1 heterocycles. The molecule has 2 amide bonds. The Bertz CT molecular complexity index is 735. The van der Waals surface area contributed by atoms with Gasteiger partial charge in [0.1, 0.15) is 11.6 Å². The van der Waals surface area contributed by atoms with Crippen molar-refractivity contribution < 1.29 is 24.4 Å². The van der Waals surface area contributed by atoms with Crippen LogP contribution in [0.3, 0.4) is 0 Å². The minimum atomic E-state index is -1.73. The van der Waals surface area contributed by atoms with Crippen molar-refractivity contribution in [3.05, 3.63) is 48.0 Å². The molecule has 1 aliphatic rings. The van der Waals surface area contributed by atoms with Crippen LogP contribution >= 0.6 is 0 Å². The van der Waals surface area contributed by atoms with E-state index in [9.17, 15) is 19.6 Å². The lowest BCUT2D eigenvalue weighted by atomic mass is 9.76. The van der Waals surface area contributed by atoms with Crippen LogP contribution in [0.2, 0.25) is 0 Å². The van der Waals surface area contributed by atoms with E-state index in [-0.39, 0.29) is 24.5 Å². The molecule has 0 radical (unpaired) electrons. The van der Waals surface area contributed by atoms with Gasteiger partial charge in [-0.1, -0.05) is 36.9 Å². The first-order chi connectivity index (χ1) is 13.4. The summed E-state index contributed by atoms with van der Waals surface area (Å²) < 4.78 is 5.22. The number of nitriles is 1. The molecule has 1 aromatic rings. The first-order valence-electron chi connectivity index (χ1n) is 9.12. The number of alkyl carbamates (subject to hydrolysis) is 1. The van der Waals surface area contributed by atoms with Crippen molar-refractivity contribution in [1.29, 1.82) is 5.26 Å². The van der Waals surface area contributed by atoms with Crippen molar-refractivity contribution in [2.24, 2.45) is 5.92 Å². The lowest BCUT2D eigenvalue weighted by Gasteiger charge is -2.32. The van der Waals surface area contributed by atoms with Crippen LogP contribution in [0.25, 0.3) is 0 Å². The zero-order valence-corrected chi connectivity index (χ0v) is 15.6. The summed E-state index contributed by atoms with van der Waals surface area (Å²) in [6, 6.07) is 10.9. The predicted molar refractivity (Wildman–Crippen MR) is 103 cm³/mol. The molecule has 0 saturated carbocycles. The molecule has 3 N–H and O–H groups in total. The van der Waals surface area contributed by atoms with Crippen LogP contribution in [0.5, 0.6) is 0 Å². The van der Waals surface area contributed by atoms with Crippen molar-refractivity contribution in [3.63, 3.8) is 0 Å². The number of rotatable bonds is 7. The lowest BCUT2D eigenvalue weighted by molar-refractivity contribution is -0.128. The van der Waals surface area contributed by atoms with Crippen LogP contribution in [-0.2, 0) is 16.0 Å². The van der Waals surface area contributed by atoms with E-state index in [0.29, 0.717) is 13.1 Å². The van der Waals surface area contributed by atoms with Crippen LogP contribution in [0.1, 0.15) is 18.4 Å². The second-order valence-corrected chi connectivity index (χ2v) is 6.80. The summed E-state index contributed by atoms with van der Waals surface area (Å²) in [6.45, 7) is 4.45. The molecule has 0 aliphatic carbocycles. The molecule has 2 atom stereocenters. The molecule has 148 valence electrons. The molecule has 0 aromatic heterocycles. The molecule has 1 fully saturated rings. The van der Waals surface area contributed by atoms with Crippen LogP contribution < -0.4 is 5.32 Å². The van der Waals surface area contributed by atoms with Gasteiger partial charge in [-0.3, -0.25) is 4.79 Å². The maximum absolute atomic E-state index is 12.1. The Morgan fingerprint density at radius 1 is 1.39 bits per heavy atom. The Kier molecular flexibility index (Phi) is 8.05. The average molecular weight is 385 g/mol. The summed E-state index contributed by atoms with van der Waals surface area (Å²) in [4.78, 5) is 25.6. The maximum Gasteiger partial charge on any atom is 0.475 e. The Morgan fingerprint density at radius 2 is 2.11 bits per heavy atom. The number of hydrogen-bond donors (Lipinski definition) is 3. The largest absolute Gasteiger partial charge is 0.475 e. The van der Waals surface area contributed by atoms with E-state index >= 15 is 0 Å². The highest BCUT2D eigenvalue weighted by atomic mass is 16.5. The van der Waals surface area contributed by atoms with E-state index < -0.39 is 25.1 Å². The molecular formula is C19H24BN3O5. The van der Waals surface area contributed by atoms with Crippen molar-refractivity contribution in [3.8, 4) is 6.07 Å². The molecule has 1 aromatic carbocycles. The van der Waals surface area contributed by atoms with Gasteiger partial charge in [0.25, 0.3) is 5.91 Å². The summed E-state index contributed by atoms with van der Waals surface area (Å²) in [5.41, 5.74) is 0.736. The zero-order chi connectivity index (χ0) is 20.5. The number of ether oxygens (including phenoxy) is 1. The van der Waals surface area contributed by atoms with Gasteiger partial charge in [0.2, 0.25) is 0 Å². The Balaban J connectivity index is 1.82. The highest BCUT2D eigenvalue weighted by Gasteiger charge is 2.28. The normalized spacial score (nSPS) is 17.2. The van der Waals surface area contributed by atoms with Gasteiger partial charge in [-0.25, -0.2) is 4.79 Å². The highest BCUT2D eigenvalue weighted by Crippen LogP contribution is 2.18. The standard InChI is InChI=1S/C19H24BN3O5/c1-14(11-21)18(24)23-9-5-8-16(12-23)13-28-19(25)22-17(20(26)27)10-15-6-3-2-4-7-15/h2-4,6-7,16-17,26-27H,1,5,8-10,12-13H2,(H,22,25)/t16-,17-/m0/s1. The number of hydrogen-bond acceptors (Lipinski definition) is 6. The summed E-state index contributed by atoms with van der Waals surface area (Å²) in [6.07, 6.45) is 1.02. The van der Waals surface area contributed by atoms with E-state index in [1.807, 2.05) is 30.3 Å². The van der Waals surface area contributed by atoms with Gasteiger partial charge in [0.05, 0.1) is 12.5 Å². The van der Waals surface area contributed by atoms with Gasteiger partial charge < -0.3 is 25.0 Å². The predicted octanol–water partition coefficient (Wildman–Crippen LogP) is 0.654. The lowest BCUT2D eigenvalue weighted by Crippen LogP contribution is -2.48. The topological polar surface area (TPSA) is 123 Å². The third-order valence-corrected chi connectivity index (χ3v) is 4.61. The minimum absolute atomic E-state index is 0.0541. The Labute approximate surface area is 164 Å². The van der Waals surface area contributed by atoms with Crippen LogP contribution in [0.15, 0.2) is 42.5 Å². The number of carbonyl (C=O) groups excluding carboxylic acids is 2. The smallest absolute Gasteiger partial charge is 0.449 e. The first-order valence-corrected chi connectivity index (χ1v) is 9.12. The van der Waals surface area contributed by atoms with Crippen molar-refractivity contribution in [2.45, 2.75) is 25.2 Å². The summed E-state index contributed by atoms with van der Waals surface area (Å²) in [7, 11) is -1.73. The van der Waals surface area contributed by atoms with Crippen LogP contribution in [0.4, 0.5) is 4.79 Å². The van der Waals surface area contributed by atoms with Gasteiger partial charge in [0.15, 0.2) is 0 Å². The number of piperidine rings is 1. The number of likely N-dealkylation sites (tertiary alicyclic amines) is 1. The maximum atomic E-state index is 12.1. The molecule has 1 aliphatic heterocycles. The Hall–Kier alpha value is -2.83. The van der Waals surface area contributed by atoms with Gasteiger partial charge in [-0.15, -0.1) is 0 Å². The zero-order valence-electron chi connectivity index (χ0n) is 15.6. The molecule has 0 unspecified atom stereocenters. The van der Waals surface area contributed by atoms with Crippen molar-refractivity contribution in [2.75, 3.05) is 19.7 Å². The van der Waals surface area contributed by atoms with Gasteiger partial charge in [-0.2, -0.15) is 5.26 Å². The van der Waals surface area contributed by atoms with Gasteiger partial charge in [-0.05, 0) is 24.8 Å². The van der Waals surface area contributed by atoms with Crippen molar-refractivity contribution >= 4 is 19.1 Å². The second-order valence-electron chi connectivity index (χ2n) is 6.80. The molecule has 1 saturated heterocycles. The fraction of sp³-hybridized carbons (Fsp3) is 0.421. The fourth-order valence-electron chi connectivity index (χ4n) is 3.11. The van der Waals surface area contributed by atoms with Gasteiger partial charge >= 0.3 is 13.2 Å². The molecular weight excluding hydrogens is 361 g/mol. The van der Waals surface area contributed by atoms with Crippen molar-refractivity contribution in [1.82, 2.24) is 10.2 Å². The van der Waals surface area contributed by atoms with E-state index in [0.717, 1.165) is 18.4 Å². The van der Waals surface area contributed by atoms with Gasteiger partial charge in [0, 0.05) is 19.0 Å². The van der Waals surface area contributed by atoms with E-state index in [1.54, 1.807) is 6.07 Å². The first kappa shape index (κ1) is 21.5. The number of nitrogens with one attached hydrogen (secondary N) is 1. The number of benzene rings is 1. The summed E-state index contributed by atoms with van der Waals surface area (Å²) >= 11 is 0. The molecule has 0 bridgehead atoms. The number of carbonyl (C=O) groups is 2. The average Bonchev–Trinajstić information content (AvgIpc) is 2.71. The Morgan fingerprint density at radius 3 is 2.75 bits per heavy atom. The molecule has 8 nitrogen and oxygen atoms in total. The SMILES string of the molecule is C=C(C#N)C(=O)N1CCC[C@H](COC(=O)N[C@@H](Cc2ccccc2)B(O)O)C1. The van der Waals surface area contributed by atoms with E-state index in [2.05, 4.69) is 11.9 Å². The minimum Gasteiger partial charge on any atom is -0.449 e. The molecule has 9 heteroatoms. The second kappa shape index (κ2) is 10.5. The third-order valence-electron chi connectivity index (χ3n) is 4.61. The molecule has 2 rings (SSSR count). The monoisotopic (exact) mass is 385 g/mol. The number of amides is 2. The van der Waals surface area contributed by atoms with E-state index in [1.165, 1.54) is 4.90 Å².